The number of aromatic nitrogens is 3. The number of para-hydroxylation sites is 2. The van der Waals surface area contributed by atoms with Crippen LogP contribution in [0.5, 0.6) is 0 Å². The molecule has 12 rings (SSSR count). The summed E-state index contributed by atoms with van der Waals surface area (Å²) >= 11 is 0. The van der Waals surface area contributed by atoms with Gasteiger partial charge in [-0.05, 0) is 85.0 Å². The van der Waals surface area contributed by atoms with Crippen molar-refractivity contribution in [1.29, 1.82) is 0 Å². The Kier molecular flexibility index (Phi) is 6.10. The van der Waals surface area contributed by atoms with Crippen LogP contribution in [0.1, 0.15) is 43.9 Å². The normalized spacial score (nSPS) is 17.4. The Labute approximate surface area is 313 Å². The molecule has 0 saturated heterocycles. The van der Waals surface area contributed by atoms with Crippen LogP contribution < -0.4 is 9.13 Å². The number of fused-ring (bicyclic) bond motifs is 18. The van der Waals surface area contributed by atoms with Crippen LogP contribution in [0.3, 0.4) is 0 Å². The third kappa shape index (κ3) is 3.82. The van der Waals surface area contributed by atoms with E-state index in [1.807, 2.05) is 0 Å². The first kappa shape index (κ1) is 30.2. The molecular formula is C50H39N3O+2. The lowest BCUT2D eigenvalue weighted by atomic mass is 9.65. The number of rotatable bonds is 2. The molecule has 0 fully saturated rings. The fourth-order valence-electron chi connectivity index (χ4n) is 10.7. The number of allylic oxidation sites excluding steroid dienone is 2. The number of benzene rings is 5. The zero-order valence-corrected chi connectivity index (χ0v) is 30.5. The van der Waals surface area contributed by atoms with Crippen LogP contribution in [0.4, 0.5) is 0 Å². The van der Waals surface area contributed by atoms with E-state index in [0.717, 1.165) is 37.0 Å². The molecule has 10 aromatic rings. The predicted molar refractivity (Wildman–Crippen MR) is 219 cm³/mol. The molecule has 0 amide bonds. The van der Waals surface area contributed by atoms with Crippen molar-refractivity contribution in [2.45, 2.75) is 51.1 Å². The molecule has 2 aliphatic rings. The van der Waals surface area contributed by atoms with Gasteiger partial charge in [-0.25, -0.2) is 0 Å². The molecule has 7 heterocycles. The molecule has 0 radical (unpaired) electrons. The van der Waals surface area contributed by atoms with E-state index in [2.05, 4.69) is 173 Å². The number of hydrogen-bond donors (Lipinski definition) is 0. The van der Waals surface area contributed by atoms with Gasteiger partial charge in [0.15, 0.2) is 12.4 Å². The van der Waals surface area contributed by atoms with Crippen LogP contribution >= 0.6 is 0 Å². The number of hydrogen-bond acceptors (Lipinski definition) is 1. The summed E-state index contributed by atoms with van der Waals surface area (Å²) in [6.07, 6.45) is 10.1. The summed E-state index contributed by atoms with van der Waals surface area (Å²) in [7, 11) is 0. The van der Waals surface area contributed by atoms with Crippen LogP contribution in [0.15, 0.2) is 156 Å². The first-order valence-corrected chi connectivity index (χ1v) is 19.5. The van der Waals surface area contributed by atoms with Crippen LogP contribution in [0.2, 0.25) is 0 Å². The van der Waals surface area contributed by atoms with Gasteiger partial charge in [-0.1, -0.05) is 74.0 Å². The number of pyridine rings is 2. The lowest BCUT2D eigenvalue weighted by Gasteiger charge is -2.38. The third-order valence-corrected chi connectivity index (χ3v) is 13.2. The molecule has 4 nitrogen and oxygen atoms in total. The van der Waals surface area contributed by atoms with Crippen molar-refractivity contribution in [3.05, 3.63) is 163 Å². The lowest BCUT2D eigenvalue weighted by molar-refractivity contribution is -0.780. The summed E-state index contributed by atoms with van der Waals surface area (Å²) in [5.74, 6) is 0. The van der Waals surface area contributed by atoms with Gasteiger partial charge >= 0.3 is 0 Å². The molecule has 0 spiro atoms. The van der Waals surface area contributed by atoms with E-state index in [4.69, 9.17) is 4.42 Å². The van der Waals surface area contributed by atoms with Gasteiger partial charge in [0.25, 0.3) is 0 Å². The molecule has 2 bridgehead atoms. The lowest BCUT2D eigenvalue weighted by Crippen LogP contribution is -2.51. The maximum atomic E-state index is 6.85. The summed E-state index contributed by atoms with van der Waals surface area (Å²) in [5, 5.41) is 7.37. The Hall–Kier alpha value is -6.26. The molecule has 0 N–H and O–H groups in total. The molecule has 0 aliphatic carbocycles. The molecule has 4 heteroatoms. The van der Waals surface area contributed by atoms with Gasteiger partial charge in [-0.3, -0.25) is 0 Å². The highest BCUT2D eigenvalue weighted by Crippen LogP contribution is 2.51. The minimum atomic E-state index is -0.184. The smallest absolute Gasteiger partial charge is 0.235 e. The van der Waals surface area contributed by atoms with Crippen LogP contribution in [-0.2, 0) is 18.4 Å². The Balaban J connectivity index is 1.26. The second-order valence-electron chi connectivity index (χ2n) is 15.5. The fourth-order valence-corrected chi connectivity index (χ4v) is 10.7. The first-order valence-electron chi connectivity index (χ1n) is 19.5. The van der Waals surface area contributed by atoms with Gasteiger partial charge in [0.05, 0.1) is 27.5 Å². The van der Waals surface area contributed by atoms with Gasteiger partial charge in [0.1, 0.15) is 11.2 Å². The minimum Gasteiger partial charge on any atom is -0.455 e. The van der Waals surface area contributed by atoms with E-state index in [1.54, 1.807) is 0 Å². The van der Waals surface area contributed by atoms with Crippen LogP contribution in [0, 0.1) is 0 Å². The van der Waals surface area contributed by atoms with E-state index in [1.165, 1.54) is 88.1 Å². The molecule has 1 atom stereocenters. The van der Waals surface area contributed by atoms with Crippen LogP contribution in [0.25, 0.3) is 82.5 Å². The van der Waals surface area contributed by atoms with Crippen molar-refractivity contribution >= 4 is 60.0 Å². The zero-order chi connectivity index (χ0) is 35.7. The molecular weight excluding hydrogens is 659 g/mol. The second-order valence-corrected chi connectivity index (χ2v) is 15.5. The number of nitrogens with zero attached hydrogens (tertiary/aromatic N) is 3. The van der Waals surface area contributed by atoms with Crippen molar-refractivity contribution in [1.82, 2.24) is 4.40 Å². The van der Waals surface area contributed by atoms with Crippen molar-refractivity contribution in [2.75, 3.05) is 0 Å². The van der Waals surface area contributed by atoms with Gasteiger partial charge in [-0.15, -0.1) is 0 Å². The Morgan fingerprint density at radius 1 is 0.667 bits per heavy atom. The quantitative estimate of drug-likeness (QED) is 0.130. The second kappa shape index (κ2) is 10.9. The first-order chi connectivity index (χ1) is 26.7. The SMILES string of the molecule is CCC1(CC)/C2=C/C(C[n+]3ccccc3-c3ccccc3C2)[n+]2ccccc2-c2cc3c4c5oc6ccccc6c5cc5c6ccccc6n(c3cc21)c54. The standard InChI is InChI=1S/C50H39N3O/c1-3-50(4-2)32-25-31-15-5-6-16-34(31)42-19-11-13-23-51(42)30-33(26-32)52-24-14-12-20-43(52)39-28-40-45(29-41(39)50)53-44-21-9-7-17-35(44)37-27-38-36-18-8-10-22-46(36)54-49(38)47(40)48(37)53/h5-24,26-29,33H,3-4,25,30H2,1-2H3/q+2/b32-26+. The monoisotopic (exact) mass is 697 g/mol. The predicted octanol–water partition coefficient (Wildman–Crippen LogP) is 11.4. The molecule has 5 aromatic heterocycles. The highest BCUT2D eigenvalue weighted by atomic mass is 16.3. The molecule has 5 aromatic carbocycles. The highest BCUT2D eigenvalue weighted by Gasteiger charge is 2.43. The van der Waals surface area contributed by atoms with E-state index in [-0.39, 0.29) is 11.5 Å². The molecule has 2 aliphatic heterocycles. The Morgan fingerprint density at radius 2 is 1.43 bits per heavy atom. The van der Waals surface area contributed by atoms with Gasteiger partial charge in [0, 0.05) is 62.2 Å². The van der Waals surface area contributed by atoms with Crippen molar-refractivity contribution < 1.29 is 13.6 Å². The van der Waals surface area contributed by atoms with E-state index in [0.29, 0.717) is 0 Å². The molecule has 0 saturated carbocycles. The van der Waals surface area contributed by atoms with E-state index >= 15 is 0 Å². The van der Waals surface area contributed by atoms with Crippen molar-refractivity contribution in [2.24, 2.45) is 0 Å². The largest absolute Gasteiger partial charge is 0.455 e. The summed E-state index contributed by atoms with van der Waals surface area (Å²) < 4.78 is 14.4. The summed E-state index contributed by atoms with van der Waals surface area (Å²) in [6, 6.07) is 47.6. The summed E-state index contributed by atoms with van der Waals surface area (Å²) in [5.41, 5.74) is 15.0. The Morgan fingerprint density at radius 3 is 2.31 bits per heavy atom. The summed E-state index contributed by atoms with van der Waals surface area (Å²) in [6.45, 7) is 5.67. The van der Waals surface area contributed by atoms with E-state index in [9.17, 15) is 0 Å². The minimum absolute atomic E-state index is 0.124. The Bertz CT molecular complexity index is 3210. The van der Waals surface area contributed by atoms with Gasteiger partial charge < -0.3 is 8.82 Å². The van der Waals surface area contributed by atoms with Gasteiger partial charge in [-0.2, -0.15) is 9.13 Å². The fraction of sp³-hybridized carbons (Fsp3) is 0.160. The van der Waals surface area contributed by atoms with Crippen molar-refractivity contribution in [3.63, 3.8) is 0 Å². The zero-order valence-electron chi connectivity index (χ0n) is 30.5. The van der Waals surface area contributed by atoms with E-state index < -0.39 is 0 Å². The molecule has 258 valence electrons. The van der Waals surface area contributed by atoms with Crippen LogP contribution in [-0.4, -0.2) is 4.40 Å². The molecule has 1 unspecified atom stereocenters. The topological polar surface area (TPSA) is 25.3 Å². The summed E-state index contributed by atoms with van der Waals surface area (Å²) in [4.78, 5) is 0. The van der Waals surface area contributed by atoms with Gasteiger partial charge in [0.2, 0.25) is 24.0 Å². The highest BCUT2D eigenvalue weighted by molar-refractivity contribution is 6.33. The third-order valence-electron chi connectivity index (χ3n) is 13.2. The average molecular weight is 698 g/mol. The number of furan rings is 1. The maximum absolute atomic E-state index is 6.85. The average Bonchev–Trinajstić information content (AvgIpc) is 3.88. The molecule has 54 heavy (non-hydrogen) atoms. The van der Waals surface area contributed by atoms with Crippen molar-refractivity contribution in [3.8, 4) is 22.5 Å². The maximum Gasteiger partial charge on any atom is 0.235 e.